The zero-order chi connectivity index (χ0) is 31.1. The lowest BCUT2D eigenvalue weighted by molar-refractivity contribution is -0.218. The average Bonchev–Trinajstić information content (AvgIpc) is 3.35. The number of aromatic nitrogens is 1. The third-order valence-electron chi connectivity index (χ3n) is 5.53. The van der Waals surface area contributed by atoms with Gasteiger partial charge < -0.3 is 37.8 Å². The van der Waals surface area contributed by atoms with E-state index in [9.17, 15) is 18.0 Å². The number of oxime groups is 1. The van der Waals surface area contributed by atoms with Crippen LogP contribution in [0.2, 0.25) is 0 Å². The minimum Gasteiger partial charge on any atom is -0.490 e. The van der Waals surface area contributed by atoms with Gasteiger partial charge in [-0.15, -0.1) is 15.6 Å². The molecule has 1 aliphatic rings. The zero-order valence-electron chi connectivity index (χ0n) is 22.5. The first-order valence-corrected chi connectivity index (χ1v) is 14.3. The minimum absolute atomic E-state index is 0.0236. The van der Waals surface area contributed by atoms with Crippen LogP contribution in [0.25, 0.3) is 0 Å². The maximum absolute atomic E-state index is 13.0. The summed E-state index contributed by atoms with van der Waals surface area (Å²) in [5.74, 6) is -0.976. The van der Waals surface area contributed by atoms with Crippen LogP contribution in [0.4, 0.5) is 5.13 Å². The number of benzene rings is 1. The van der Waals surface area contributed by atoms with E-state index in [-0.39, 0.29) is 35.7 Å². The summed E-state index contributed by atoms with van der Waals surface area (Å²) in [6, 6.07) is 5.58. The molecule has 10 N–H and O–H groups in total. The van der Waals surface area contributed by atoms with Gasteiger partial charge in [-0.2, -0.15) is 13.5 Å². The van der Waals surface area contributed by atoms with Crippen molar-refractivity contribution in [1.82, 2.24) is 15.4 Å². The molecule has 1 aliphatic heterocycles. The van der Waals surface area contributed by atoms with Crippen molar-refractivity contribution < 1.29 is 36.4 Å². The first kappa shape index (κ1) is 32.0. The third-order valence-corrected chi connectivity index (χ3v) is 6.54. The number of nitrogens with two attached hydrogens (primary N) is 4. The standard InChI is InChI=1S/C22H30N10O8S2/c1-22(2)16(19(34)32(22)40-42(35,36)37)30-18(33)15(14-11-41-21(26)29-14)31-39-10-9-38-13-5-3-12(4-6-13)17(23)27-7-8-28-20(24)25/h3-6,11,16H,7-10H2,1-2H3,(H2,23,27)(H2,26,29)(H,30,33)(H4,24,25,28)(H,35,36,37)/b31-15-/t16-/m1/s1. The van der Waals surface area contributed by atoms with Crippen LogP contribution in [0.5, 0.6) is 5.75 Å². The molecule has 2 heterocycles. The van der Waals surface area contributed by atoms with Gasteiger partial charge in [0.15, 0.2) is 23.4 Å². The summed E-state index contributed by atoms with van der Waals surface area (Å²) in [5, 5.41) is 8.34. The molecule has 2 amide bonds. The molecule has 1 fully saturated rings. The molecule has 3 rings (SSSR count). The molecule has 0 saturated carbocycles. The van der Waals surface area contributed by atoms with Crippen molar-refractivity contribution in [3.8, 4) is 5.75 Å². The van der Waals surface area contributed by atoms with E-state index < -0.39 is 33.8 Å². The molecule has 1 aromatic carbocycles. The first-order chi connectivity index (χ1) is 19.7. The predicted octanol–water partition coefficient (Wildman–Crippen LogP) is -1.66. The maximum Gasteiger partial charge on any atom is 0.418 e. The molecule has 1 atom stereocenters. The molecule has 0 aliphatic carbocycles. The van der Waals surface area contributed by atoms with Crippen molar-refractivity contribution in [3.05, 3.63) is 40.9 Å². The number of carbonyl (C=O) groups excluding carboxylic acids is 2. The fourth-order valence-electron chi connectivity index (χ4n) is 3.49. The number of hydrogen-bond acceptors (Lipinski definition) is 13. The second-order valence-electron chi connectivity index (χ2n) is 8.99. The molecule has 42 heavy (non-hydrogen) atoms. The van der Waals surface area contributed by atoms with Gasteiger partial charge in [-0.05, 0) is 38.1 Å². The minimum atomic E-state index is -4.95. The summed E-state index contributed by atoms with van der Waals surface area (Å²) in [6.07, 6.45) is 0. The van der Waals surface area contributed by atoms with Crippen molar-refractivity contribution in [1.29, 1.82) is 0 Å². The Morgan fingerprint density at radius 1 is 1.17 bits per heavy atom. The lowest BCUT2D eigenvalue weighted by Crippen LogP contribution is -2.76. The highest BCUT2D eigenvalue weighted by Gasteiger charge is 2.58. The monoisotopic (exact) mass is 626 g/mol. The van der Waals surface area contributed by atoms with Crippen LogP contribution in [0, 0.1) is 0 Å². The quantitative estimate of drug-likeness (QED) is 0.0342. The number of β-lactam (4-membered cyclic amide) rings is 1. The van der Waals surface area contributed by atoms with E-state index in [0.717, 1.165) is 11.3 Å². The Morgan fingerprint density at radius 3 is 2.40 bits per heavy atom. The predicted molar refractivity (Wildman–Crippen MR) is 153 cm³/mol. The number of hydroxylamine groups is 2. The fraction of sp³-hybridized carbons (Fsp3) is 0.364. The summed E-state index contributed by atoms with van der Waals surface area (Å²) >= 11 is 1.05. The molecular formula is C22H30N10O8S2. The number of guanidine groups is 1. The number of hydrogen-bond donors (Lipinski definition) is 6. The van der Waals surface area contributed by atoms with E-state index >= 15 is 0 Å². The molecular weight excluding hydrogens is 596 g/mol. The Bertz CT molecular complexity index is 1480. The summed E-state index contributed by atoms with van der Waals surface area (Å²) < 4.78 is 40.8. The van der Waals surface area contributed by atoms with E-state index in [2.05, 4.69) is 29.7 Å². The Kier molecular flexibility index (Phi) is 10.2. The lowest BCUT2D eigenvalue weighted by Gasteiger charge is -2.50. The average molecular weight is 627 g/mol. The highest BCUT2D eigenvalue weighted by molar-refractivity contribution is 7.80. The number of amides is 2. The summed E-state index contributed by atoms with van der Waals surface area (Å²) in [7, 11) is -4.95. The fourth-order valence-corrected chi connectivity index (χ4v) is 4.49. The van der Waals surface area contributed by atoms with Crippen molar-refractivity contribution in [2.24, 2.45) is 32.3 Å². The number of amidine groups is 1. The number of carbonyl (C=O) groups is 2. The van der Waals surface area contributed by atoms with Crippen molar-refractivity contribution in [3.63, 3.8) is 0 Å². The normalized spacial score (nSPS) is 16.9. The first-order valence-electron chi connectivity index (χ1n) is 12.0. The van der Waals surface area contributed by atoms with Crippen LogP contribution >= 0.6 is 11.3 Å². The number of nitrogens with one attached hydrogen (secondary N) is 1. The molecule has 1 aromatic heterocycles. The molecule has 0 radical (unpaired) electrons. The summed E-state index contributed by atoms with van der Waals surface area (Å²) in [4.78, 5) is 42.7. The van der Waals surface area contributed by atoms with E-state index in [1.54, 1.807) is 24.3 Å². The number of nitrogen functional groups attached to an aromatic ring is 1. The Morgan fingerprint density at radius 2 is 1.83 bits per heavy atom. The largest absolute Gasteiger partial charge is 0.490 e. The molecule has 228 valence electrons. The van der Waals surface area contributed by atoms with Crippen LogP contribution in [-0.4, -0.2) is 90.2 Å². The van der Waals surface area contributed by atoms with Gasteiger partial charge in [0.1, 0.15) is 29.9 Å². The van der Waals surface area contributed by atoms with Crippen molar-refractivity contribution in [2.45, 2.75) is 25.4 Å². The molecule has 0 unspecified atom stereocenters. The topological polar surface area (TPSA) is 286 Å². The molecule has 0 spiro atoms. The lowest BCUT2D eigenvalue weighted by atomic mass is 9.84. The van der Waals surface area contributed by atoms with Gasteiger partial charge >= 0.3 is 10.4 Å². The molecule has 18 nitrogen and oxygen atoms in total. The van der Waals surface area contributed by atoms with Crippen LogP contribution < -0.4 is 33.0 Å². The van der Waals surface area contributed by atoms with Gasteiger partial charge in [0.2, 0.25) is 0 Å². The second kappa shape index (κ2) is 13.4. The molecule has 1 saturated heterocycles. The van der Waals surface area contributed by atoms with Crippen LogP contribution in [-0.2, 0) is 29.1 Å². The van der Waals surface area contributed by atoms with Gasteiger partial charge in [-0.3, -0.25) is 24.1 Å². The number of anilines is 1. The number of thiazole rings is 1. The third kappa shape index (κ3) is 8.49. The van der Waals surface area contributed by atoms with Crippen LogP contribution in [0.15, 0.2) is 44.8 Å². The molecule has 20 heteroatoms. The van der Waals surface area contributed by atoms with Crippen molar-refractivity contribution >= 4 is 56.2 Å². The van der Waals surface area contributed by atoms with Gasteiger partial charge in [0.05, 0.1) is 18.6 Å². The number of aliphatic imine (C=N–C) groups is 2. The highest BCUT2D eigenvalue weighted by atomic mass is 32.3. The highest BCUT2D eigenvalue weighted by Crippen LogP contribution is 2.33. The van der Waals surface area contributed by atoms with Crippen LogP contribution in [0.3, 0.4) is 0 Å². The van der Waals surface area contributed by atoms with E-state index in [4.69, 9.17) is 37.1 Å². The summed E-state index contributed by atoms with van der Waals surface area (Å²) in [6.45, 7) is 3.44. The zero-order valence-corrected chi connectivity index (χ0v) is 24.1. The second-order valence-corrected chi connectivity index (χ2v) is 10.9. The van der Waals surface area contributed by atoms with Gasteiger partial charge in [0, 0.05) is 10.9 Å². The van der Waals surface area contributed by atoms with E-state index in [1.807, 2.05) is 0 Å². The van der Waals surface area contributed by atoms with E-state index in [1.165, 1.54) is 19.2 Å². The Labute approximate surface area is 244 Å². The summed E-state index contributed by atoms with van der Waals surface area (Å²) in [5.41, 5.74) is 21.3. The maximum atomic E-state index is 13.0. The Balaban J connectivity index is 1.57. The Hall–Kier alpha value is -4.53. The number of nitrogens with zero attached hydrogens (tertiary/aromatic N) is 5. The van der Waals surface area contributed by atoms with Gasteiger partial charge in [-0.25, -0.2) is 4.98 Å². The van der Waals surface area contributed by atoms with Gasteiger partial charge in [0.25, 0.3) is 11.8 Å². The SMILES string of the molecule is CC1(C)[C@H](NC(=O)/C(=N\OCCOc2ccc(C(N)=NCCN=C(N)N)cc2)c2csc(N)n2)C(=O)N1OS(=O)(=O)O. The number of rotatable bonds is 14. The van der Waals surface area contributed by atoms with Crippen molar-refractivity contribution in [2.75, 3.05) is 32.0 Å². The van der Waals surface area contributed by atoms with E-state index in [0.29, 0.717) is 35.3 Å². The number of ether oxygens (including phenoxy) is 1. The smallest absolute Gasteiger partial charge is 0.418 e. The molecule has 2 aromatic rings. The van der Waals surface area contributed by atoms with Gasteiger partial charge in [-0.1, -0.05) is 5.16 Å². The van der Waals surface area contributed by atoms with Crippen LogP contribution in [0.1, 0.15) is 25.1 Å². The molecule has 0 bridgehead atoms.